The van der Waals surface area contributed by atoms with Gasteiger partial charge in [-0.2, -0.15) is 13.2 Å². The van der Waals surface area contributed by atoms with Gasteiger partial charge in [0.2, 0.25) is 5.91 Å². The van der Waals surface area contributed by atoms with Crippen LogP contribution < -0.4 is 0 Å². The number of carbonyl (C=O) groups is 2. The lowest BCUT2D eigenvalue weighted by Crippen LogP contribution is -2.67. The van der Waals surface area contributed by atoms with Crippen molar-refractivity contribution in [3.63, 3.8) is 0 Å². The molecule has 2 aliphatic rings. The number of carboxylic acids is 1. The zero-order valence-corrected chi connectivity index (χ0v) is 17.9. The fourth-order valence-corrected chi connectivity index (χ4v) is 3.50. The number of halogens is 3. The van der Waals surface area contributed by atoms with Crippen molar-refractivity contribution in [2.24, 2.45) is 5.92 Å². The molecule has 1 unspecified atom stereocenters. The molecule has 0 radical (unpaired) electrons. The first-order valence-electron chi connectivity index (χ1n) is 10.1. The summed E-state index contributed by atoms with van der Waals surface area (Å²) in [6, 6.07) is 2.01. The number of aromatic nitrogens is 1. The number of carboxylic acid groups (broad SMARTS) is 1. The molecule has 1 aromatic heterocycles. The van der Waals surface area contributed by atoms with Crippen molar-refractivity contribution < 1.29 is 37.3 Å². The molecule has 3 rings (SSSR count). The van der Waals surface area contributed by atoms with Gasteiger partial charge in [-0.15, -0.1) is 0 Å². The van der Waals surface area contributed by atoms with Crippen molar-refractivity contribution in [3.05, 3.63) is 29.6 Å². The van der Waals surface area contributed by atoms with Crippen LogP contribution in [0.5, 0.6) is 0 Å². The minimum Gasteiger partial charge on any atom is -0.475 e. The Morgan fingerprint density at radius 2 is 2.03 bits per heavy atom. The zero-order valence-electron chi connectivity index (χ0n) is 17.9. The van der Waals surface area contributed by atoms with Gasteiger partial charge in [0.1, 0.15) is 5.60 Å². The second-order valence-electron chi connectivity index (χ2n) is 8.41. The molecule has 1 aromatic rings. The van der Waals surface area contributed by atoms with Gasteiger partial charge in [-0.25, -0.2) is 4.79 Å². The van der Waals surface area contributed by atoms with E-state index in [2.05, 4.69) is 25.8 Å². The molecule has 2 fully saturated rings. The van der Waals surface area contributed by atoms with Crippen LogP contribution in [0.15, 0.2) is 18.5 Å². The van der Waals surface area contributed by atoms with Crippen molar-refractivity contribution >= 4 is 11.9 Å². The average Bonchev–Trinajstić information content (AvgIpc) is 2.65. The molecule has 1 atom stereocenters. The summed E-state index contributed by atoms with van der Waals surface area (Å²) in [6.07, 6.45) is 1.20. The van der Waals surface area contributed by atoms with Gasteiger partial charge in [-0.1, -0.05) is 13.8 Å². The number of amides is 1. The monoisotopic (exact) mass is 446 g/mol. The van der Waals surface area contributed by atoms with Crippen LogP contribution in [-0.2, 0) is 25.7 Å². The summed E-state index contributed by atoms with van der Waals surface area (Å²) >= 11 is 0. The second-order valence-corrected chi connectivity index (χ2v) is 8.41. The van der Waals surface area contributed by atoms with Crippen LogP contribution in [0.3, 0.4) is 0 Å². The van der Waals surface area contributed by atoms with Gasteiger partial charge < -0.3 is 19.5 Å². The number of rotatable bonds is 5. The Morgan fingerprint density at radius 3 is 2.58 bits per heavy atom. The maximum absolute atomic E-state index is 12.1. The number of nitrogens with zero attached hydrogens (tertiary/aromatic N) is 2. The normalized spacial score (nSPS) is 20.1. The smallest absolute Gasteiger partial charge is 0.475 e. The van der Waals surface area contributed by atoms with Crippen LogP contribution in [-0.4, -0.2) is 64.4 Å². The molecule has 7 nitrogen and oxygen atoms in total. The van der Waals surface area contributed by atoms with E-state index < -0.39 is 12.1 Å². The number of aliphatic carboxylic acids is 1. The molecule has 2 saturated heterocycles. The van der Waals surface area contributed by atoms with E-state index in [-0.39, 0.29) is 17.6 Å². The molecule has 10 heteroatoms. The highest BCUT2D eigenvalue weighted by atomic mass is 19.4. The Bertz CT molecular complexity index is 764. The van der Waals surface area contributed by atoms with Crippen molar-refractivity contribution in [3.8, 4) is 0 Å². The first kappa shape index (κ1) is 25.1. The summed E-state index contributed by atoms with van der Waals surface area (Å²) in [5.41, 5.74) is 2.17. The zero-order chi connectivity index (χ0) is 23.2. The largest absolute Gasteiger partial charge is 0.490 e. The maximum Gasteiger partial charge on any atom is 0.490 e. The number of alkyl halides is 3. The molecule has 0 bridgehead atoms. The first-order valence-corrected chi connectivity index (χ1v) is 10.1. The number of ether oxygens (including phenoxy) is 2. The standard InChI is InChI=1S/C19H28N2O3.C2HF3O2/c1-14(2)8-18(22)21-12-19(13-21)9-17(5-7-24-19)23-11-16-10-20-6-4-15(16)3;3-2(4,5)1(6)7/h4,6,10,14,17H,5,7-9,11-13H2,1-3H3;(H,6,7). The molecule has 3 heterocycles. The van der Waals surface area contributed by atoms with Gasteiger partial charge in [-0.3, -0.25) is 9.78 Å². The number of pyridine rings is 1. The lowest BCUT2D eigenvalue weighted by atomic mass is 9.84. The summed E-state index contributed by atoms with van der Waals surface area (Å²) in [6.45, 7) is 8.97. The Labute approximate surface area is 179 Å². The van der Waals surface area contributed by atoms with Gasteiger partial charge in [0.15, 0.2) is 0 Å². The van der Waals surface area contributed by atoms with Gasteiger partial charge in [0.25, 0.3) is 0 Å². The summed E-state index contributed by atoms with van der Waals surface area (Å²) in [5, 5.41) is 7.12. The van der Waals surface area contributed by atoms with Crippen molar-refractivity contribution in [2.75, 3.05) is 19.7 Å². The molecule has 31 heavy (non-hydrogen) atoms. The highest BCUT2D eigenvalue weighted by Gasteiger charge is 2.49. The fourth-order valence-electron chi connectivity index (χ4n) is 3.50. The van der Waals surface area contributed by atoms with E-state index in [1.807, 2.05) is 17.2 Å². The molecule has 1 amide bonds. The van der Waals surface area contributed by atoms with Gasteiger partial charge in [0.05, 0.1) is 25.8 Å². The Hall–Kier alpha value is -2.20. The van der Waals surface area contributed by atoms with E-state index in [1.165, 1.54) is 5.56 Å². The Morgan fingerprint density at radius 1 is 1.39 bits per heavy atom. The third-order valence-corrected chi connectivity index (χ3v) is 5.21. The molecule has 0 aromatic carbocycles. The molecule has 2 aliphatic heterocycles. The second kappa shape index (κ2) is 10.4. The van der Waals surface area contributed by atoms with Crippen LogP contribution in [0.1, 0.15) is 44.2 Å². The van der Waals surface area contributed by atoms with Gasteiger partial charge >= 0.3 is 12.1 Å². The minimum absolute atomic E-state index is 0.181. The van der Waals surface area contributed by atoms with Crippen molar-refractivity contribution in [1.29, 1.82) is 0 Å². The lowest BCUT2D eigenvalue weighted by Gasteiger charge is -2.53. The fraction of sp³-hybridized carbons (Fsp3) is 0.667. The summed E-state index contributed by atoms with van der Waals surface area (Å²) in [5.74, 6) is -2.11. The summed E-state index contributed by atoms with van der Waals surface area (Å²) in [4.78, 5) is 27.1. The molecule has 174 valence electrons. The van der Waals surface area contributed by atoms with Crippen LogP contribution in [0.4, 0.5) is 13.2 Å². The predicted octanol–water partition coefficient (Wildman–Crippen LogP) is 3.35. The summed E-state index contributed by atoms with van der Waals surface area (Å²) < 4.78 is 43.9. The van der Waals surface area contributed by atoms with E-state index in [1.54, 1.807) is 6.20 Å². The maximum atomic E-state index is 12.1. The van der Waals surface area contributed by atoms with E-state index in [0.29, 0.717) is 38.6 Å². The number of hydrogen-bond acceptors (Lipinski definition) is 5. The quantitative estimate of drug-likeness (QED) is 0.746. The number of carbonyl (C=O) groups excluding carboxylic acids is 1. The number of aryl methyl sites for hydroxylation is 1. The van der Waals surface area contributed by atoms with E-state index in [9.17, 15) is 18.0 Å². The average molecular weight is 446 g/mol. The highest BCUT2D eigenvalue weighted by molar-refractivity contribution is 5.77. The van der Waals surface area contributed by atoms with Crippen LogP contribution in [0.25, 0.3) is 0 Å². The molecular formula is C21H29F3N2O5. The minimum atomic E-state index is -5.08. The van der Waals surface area contributed by atoms with Crippen molar-refractivity contribution in [1.82, 2.24) is 9.88 Å². The number of likely N-dealkylation sites (tertiary alicyclic amines) is 1. The Kier molecular flexibility index (Phi) is 8.41. The molecule has 0 aliphatic carbocycles. The Balaban J connectivity index is 0.000000423. The highest BCUT2D eigenvalue weighted by Crippen LogP contribution is 2.36. The van der Waals surface area contributed by atoms with E-state index in [0.717, 1.165) is 18.4 Å². The third-order valence-electron chi connectivity index (χ3n) is 5.21. The van der Waals surface area contributed by atoms with Crippen LogP contribution >= 0.6 is 0 Å². The number of hydrogen-bond donors (Lipinski definition) is 1. The molecule has 1 N–H and O–H groups in total. The molecule has 0 saturated carbocycles. The SMILES string of the molecule is Cc1ccncc1COC1CCOC2(C1)CN(C(=O)CC(C)C)C2.O=C(O)C(F)(F)F. The van der Waals surface area contributed by atoms with Crippen LogP contribution in [0.2, 0.25) is 0 Å². The summed E-state index contributed by atoms with van der Waals surface area (Å²) in [7, 11) is 0. The molecule has 1 spiro atoms. The predicted molar refractivity (Wildman–Crippen MR) is 105 cm³/mol. The van der Waals surface area contributed by atoms with E-state index in [4.69, 9.17) is 19.4 Å². The van der Waals surface area contributed by atoms with Crippen LogP contribution in [0, 0.1) is 12.8 Å². The topological polar surface area (TPSA) is 89.0 Å². The van der Waals surface area contributed by atoms with E-state index >= 15 is 0 Å². The van der Waals surface area contributed by atoms with Crippen molar-refractivity contribution in [2.45, 2.75) is 64.5 Å². The third kappa shape index (κ3) is 7.46. The van der Waals surface area contributed by atoms with Gasteiger partial charge in [0, 0.05) is 31.8 Å². The first-order chi connectivity index (χ1) is 14.4. The molecular weight excluding hydrogens is 417 g/mol. The lowest BCUT2D eigenvalue weighted by molar-refractivity contribution is -0.202. The van der Waals surface area contributed by atoms with Gasteiger partial charge in [-0.05, 0) is 36.5 Å².